The maximum Gasteiger partial charge on any atom is 0.338 e. The van der Waals surface area contributed by atoms with Crippen LogP contribution in [-0.4, -0.2) is 21.0 Å². The summed E-state index contributed by atoms with van der Waals surface area (Å²) in [6.45, 7) is 1.80. The summed E-state index contributed by atoms with van der Waals surface area (Å²) in [5.41, 5.74) is 0.858. The van der Waals surface area contributed by atoms with Crippen LogP contribution in [0.15, 0.2) is 46.5 Å². The van der Waals surface area contributed by atoms with Gasteiger partial charge in [-0.3, -0.25) is 10.1 Å². The number of nitro benzene ring substituents is 1. The van der Waals surface area contributed by atoms with Crippen molar-refractivity contribution in [2.75, 3.05) is 0 Å². The highest BCUT2D eigenvalue weighted by molar-refractivity contribution is 7.99. The summed E-state index contributed by atoms with van der Waals surface area (Å²) in [7, 11) is 0. The Labute approximate surface area is 118 Å². The number of pyridine rings is 1. The van der Waals surface area contributed by atoms with E-state index in [1.54, 1.807) is 13.0 Å². The van der Waals surface area contributed by atoms with Gasteiger partial charge in [-0.1, -0.05) is 17.8 Å². The second-order valence-electron chi connectivity index (χ2n) is 3.97. The van der Waals surface area contributed by atoms with Crippen molar-refractivity contribution >= 4 is 23.4 Å². The van der Waals surface area contributed by atoms with Gasteiger partial charge >= 0.3 is 5.97 Å². The van der Waals surface area contributed by atoms with Gasteiger partial charge in [0.2, 0.25) is 0 Å². The van der Waals surface area contributed by atoms with Gasteiger partial charge in [-0.25, -0.2) is 9.78 Å². The molecule has 1 heterocycles. The topological polar surface area (TPSA) is 93.3 Å². The van der Waals surface area contributed by atoms with Crippen LogP contribution in [0.4, 0.5) is 5.69 Å². The minimum absolute atomic E-state index is 0.0362. The van der Waals surface area contributed by atoms with Crippen molar-refractivity contribution in [3.63, 3.8) is 0 Å². The van der Waals surface area contributed by atoms with E-state index in [2.05, 4.69) is 4.98 Å². The fourth-order valence-corrected chi connectivity index (χ4v) is 2.55. The second-order valence-corrected chi connectivity index (χ2v) is 5.00. The molecule has 20 heavy (non-hydrogen) atoms. The van der Waals surface area contributed by atoms with E-state index in [1.807, 2.05) is 0 Å². The summed E-state index contributed by atoms with van der Waals surface area (Å²) in [5, 5.41) is 20.2. The van der Waals surface area contributed by atoms with Crippen LogP contribution in [0.5, 0.6) is 0 Å². The molecule has 1 N–H and O–H groups in total. The van der Waals surface area contributed by atoms with Gasteiger partial charge < -0.3 is 5.11 Å². The Morgan fingerprint density at radius 3 is 2.80 bits per heavy atom. The average molecular weight is 290 g/mol. The first-order valence-electron chi connectivity index (χ1n) is 5.60. The predicted octanol–water partition coefficient (Wildman–Crippen LogP) is 3.15. The summed E-state index contributed by atoms with van der Waals surface area (Å²) in [6, 6.07) is 7.44. The third-order valence-corrected chi connectivity index (χ3v) is 3.77. The molecule has 2 rings (SSSR count). The number of benzene rings is 1. The van der Waals surface area contributed by atoms with Crippen molar-refractivity contribution in [3.8, 4) is 0 Å². The van der Waals surface area contributed by atoms with E-state index >= 15 is 0 Å². The number of aromatic nitrogens is 1. The highest BCUT2D eigenvalue weighted by Crippen LogP contribution is 2.33. The molecule has 0 saturated heterocycles. The fraction of sp³-hybridized carbons (Fsp3) is 0.0769. The summed E-state index contributed by atoms with van der Waals surface area (Å²) < 4.78 is 0. The molecular formula is C13H10N2O4S. The van der Waals surface area contributed by atoms with E-state index in [4.69, 9.17) is 5.11 Å². The molecule has 0 radical (unpaired) electrons. The highest BCUT2D eigenvalue weighted by atomic mass is 32.2. The minimum Gasteiger partial charge on any atom is -0.478 e. The number of aryl methyl sites for hydroxylation is 1. The lowest BCUT2D eigenvalue weighted by molar-refractivity contribution is -0.385. The van der Waals surface area contributed by atoms with Gasteiger partial charge in [0.1, 0.15) is 5.03 Å². The Balaban J connectivity index is 2.42. The van der Waals surface area contributed by atoms with Gasteiger partial charge in [-0.05, 0) is 24.6 Å². The van der Waals surface area contributed by atoms with Crippen LogP contribution >= 0.6 is 11.8 Å². The molecule has 2 aromatic rings. The number of hydrogen-bond donors (Lipinski definition) is 1. The average Bonchev–Trinajstić information content (AvgIpc) is 2.41. The number of carboxylic acids is 1. The Morgan fingerprint density at radius 1 is 1.40 bits per heavy atom. The van der Waals surface area contributed by atoms with Gasteiger partial charge in [0, 0.05) is 23.2 Å². The summed E-state index contributed by atoms with van der Waals surface area (Å²) in [5.74, 6) is -1.08. The number of hydrogen-bond acceptors (Lipinski definition) is 5. The van der Waals surface area contributed by atoms with Gasteiger partial charge in [-0.2, -0.15) is 0 Å². The Hall–Kier alpha value is -2.41. The third kappa shape index (κ3) is 2.94. The molecule has 0 bridgehead atoms. The largest absolute Gasteiger partial charge is 0.478 e. The maximum atomic E-state index is 11.1. The zero-order chi connectivity index (χ0) is 14.7. The number of non-ortho nitro benzene ring substituents is 1. The lowest BCUT2D eigenvalue weighted by Gasteiger charge is -2.07. The van der Waals surface area contributed by atoms with Crippen molar-refractivity contribution in [2.45, 2.75) is 16.8 Å². The molecular weight excluding hydrogens is 280 g/mol. The number of aromatic carboxylic acids is 1. The standard InChI is InChI=1S/C13H10N2O4S/c1-8-4-5-9(15(18)19)7-11(8)20-12-10(13(16)17)3-2-6-14-12/h2-7H,1H3,(H,16,17). The number of rotatable bonds is 4. The molecule has 0 aliphatic carbocycles. The van der Waals surface area contributed by atoms with E-state index in [-0.39, 0.29) is 11.3 Å². The number of carbonyl (C=O) groups is 1. The lowest BCUT2D eigenvalue weighted by Crippen LogP contribution is -2.00. The molecule has 102 valence electrons. The van der Waals surface area contributed by atoms with Crippen LogP contribution in [0.1, 0.15) is 15.9 Å². The van der Waals surface area contributed by atoms with E-state index < -0.39 is 10.9 Å². The van der Waals surface area contributed by atoms with Crippen LogP contribution in [0.2, 0.25) is 0 Å². The zero-order valence-corrected chi connectivity index (χ0v) is 11.3. The first-order valence-corrected chi connectivity index (χ1v) is 6.42. The molecule has 0 spiro atoms. The van der Waals surface area contributed by atoms with Gasteiger partial charge in [0.05, 0.1) is 10.5 Å². The first-order chi connectivity index (χ1) is 9.49. The molecule has 0 saturated carbocycles. The van der Waals surface area contributed by atoms with E-state index in [0.29, 0.717) is 9.92 Å². The van der Waals surface area contributed by atoms with Crippen LogP contribution in [0.25, 0.3) is 0 Å². The van der Waals surface area contributed by atoms with E-state index in [0.717, 1.165) is 17.3 Å². The van der Waals surface area contributed by atoms with Gasteiger partial charge in [0.15, 0.2) is 0 Å². The number of nitrogens with zero attached hydrogens (tertiary/aromatic N) is 2. The monoisotopic (exact) mass is 290 g/mol. The molecule has 0 amide bonds. The van der Waals surface area contributed by atoms with Crippen molar-refractivity contribution in [1.82, 2.24) is 4.98 Å². The Kier molecular flexibility index (Phi) is 3.99. The minimum atomic E-state index is -1.08. The van der Waals surface area contributed by atoms with Crippen LogP contribution < -0.4 is 0 Å². The smallest absolute Gasteiger partial charge is 0.338 e. The van der Waals surface area contributed by atoms with Crippen LogP contribution in [0, 0.1) is 17.0 Å². The summed E-state index contributed by atoms with van der Waals surface area (Å²) in [4.78, 5) is 26.0. The van der Waals surface area contributed by atoms with Gasteiger partial charge in [-0.15, -0.1) is 0 Å². The number of carboxylic acid groups (broad SMARTS) is 1. The van der Waals surface area contributed by atoms with Crippen molar-refractivity contribution in [1.29, 1.82) is 0 Å². The molecule has 6 nitrogen and oxygen atoms in total. The SMILES string of the molecule is Cc1ccc([N+](=O)[O-])cc1Sc1ncccc1C(=O)O. The van der Waals surface area contributed by atoms with Gasteiger partial charge in [0.25, 0.3) is 5.69 Å². The Bertz CT molecular complexity index is 688. The quantitative estimate of drug-likeness (QED) is 0.686. The molecule has 0 fully saturated rings. The lowest BCUT2D eigenvalue weighted by atomic mass is 10.2. The third-order valence-electron chi connectivity index (χ3n) is 2.59. The molecule has 0 atom stereocenters. The van der Waals surface area contributed by atoms with E-state index in [1.165, 1.54) is 30.5 Å². The van der Waals surface area contributed by atoms with E-state index in [9.17, 15) is 14.9 Å². The molecule has 0 aliphatic heterocycles. The normalized spacial score (nSPS) is 10.2. The maximum absolute atomic E-state index is 11.1. The molecule has 1 aromatic carbocycles. The first kappa shape index (κ1) is 14.0. The molecule has 1 aromatic heterocycles. The zero-order valence-electron chi connectivity index (χ0n) is 10.4. The van der Waals surface area contributed by atoms with Crippen molar-refractivity contribution in [3.05, 3.63) is 57.8 Å². The Morgan fingerprint density at radius 2 is 2.15 bits per heavy atom. The highest BCUT2D eigenvalue weighted by Gasteiger charge is 2.15. The molecule has 0 unspecified atom stereocenters. The predicted molar refractivity (Wildman–Crippen MR) is 73.2 cm³/mol. The van der Waals surface area contributed by atoms with Crippen molar-refractivity contribution < 1.29 is 14.8 Å². The second kappa shape index (κ2) is 5.70. The molecule has 7 heteroatoms. The summed E-state index contributed by atoms with van der Waals surface area (Å²) in [6.07, 6.45) is 1.49. The van der Waals surface area contributed by atoms with Crippen LogP contribution in [-0.2, 0) is 0 Å². The van der Waals surface area contributed by atoms with Crippen molar-refractivity contribution in [2.24, 2.45) is 0 Å². The molecule has 0 aliphatic rings. The summed E-state index contributed by atoms with van der Waals surface area (Å²) >= 11 is 1.10. The van der Waals surface area contributed by atoms with Crippen LogP contribution in [0.3, 0.4) is 0 Å². The number of nitro groups is 1. The fourth-order valence-electron chi connectivity index (χ4n) is 1.55.